The van der Waals surface area contributed by atoms with E-state index in [9.17, 15) is 0 Å². The number of aliphatic hydroxyl groups excluding tert-OH is 1. The average Bonchev–Trinajstić information content (AvgIpc) is 2.44. The Morgan fingerprint density at radius 3 is 2.92 bits per heavy atom. The number of aryl methyl sites for hydroxylation is 1. The van der Waals surface area contributed by atoms with Gasteiger partial charge in [-0.25, -0.2) is 4.98 Å². The topological polar surface area (TPSA) is 37.5 Å². The fourth-order valence-corrected chi connectivity index (χ4v) is 1.99. The van der Waals surface area contributed by atoms with E-state index in [1.165, 1.54) is 0 Å². The van der Waals surface area contributed by atoms with Crippen molar-refractivity contribution in [3.63, 3.8) is 0 Å². The van der Waals surface area contributed by atoms with Gasteiger partial charge in [0.15, 0.2) is 0 Å². The number of halogens is 1. The highest BCUT2D eigenvalue weighted by atomic mass is 79.9. The van der Waals surface area contributed by atoms with E-state index in [1.54, 1.807) is 0 Å². The van der Waals surface area contributed by atoms with E-state index in [1.807, 2.05) is 29.5 Å². The van der Waals surface area contributed by atoms with Crippen LogP contribution in [0.2, 0.25) is 0 Å². The maximum atomic E-state index is 9.02. The Labute approximate surface area is 84.2 Å². The van der Waals surface area contributed by atoms with Gasteiger partial charge < -0.3 is 5.11 Å². The second kappa shape index (κ2) is 3.12. The summed E-state index contributed by atoms with van der Waals surface area (Å²) in [4.78, 5) is 4.27. The second-order valence-corrected chi connectivity index (χ2v) is 3.66. The van der Waals surface area contributed by atoms with Gasteiger partial charge in [0.25, 0.3) is 0 Å². The summed E-state index contributed by atoms with van der Waals surface area (Å²) in [5, 5.41) is 9.02. The molecule has 4 heteroatoms. The normalized spacial score (nSPS) is 11.0. The largest absolute Gasteiger partial charge is 0.390 e. The summed E-state index contributed by atoms with van der Waals surface area (Å²) < 4.78 is 2.92. The average molecular weight is 241 g/mol. The van der Waals surface area contributed by atoms with E-state index in [0.717, 1.165) is 21.6 Å². The van der Waals surface area contributed by atoms with Crippen molar-refractivity contribution in [2.24, 2.45) is 0 Å². The molecule has 2 aromatic heterocycles. The van der Waals surface area contributed by atoms with Crippen molar-refractivity contribution in [2.75, 3.05) is 0 Å². The van der Waals surface area contributed by atoms with Gasteiger partial charge in [-0.3, -0.25) is 4.40 Å². The number of hydrogen-bond donors (Lipinski definition) is 1. The van der Waals surface area contributed by atoms with Crippen LogP contribution in [0, 0.1) is 6.92 Å². The van der Waals surface area contributed by atoms with Crippen LogP contribution in [0.4, 0.5) is 0 Å². The predicted octanol–water partition coefficient (Wildman–Crippen LogP) is 1.90. The van der Waals surface area contributed by atoms with Gasteiger partial charge in [0, 0.05) is 5.69 Å². The molecule has 68 valence electrons. The quantitative estimate of drug-likeness (QED) is 0.774. The molecule has 0 radical (unpaired) electrons. The maximum Gasteiger partial charge on any atom is 0.138 e. The highest BCUT2D eigenvalue weighted by Gasteiger charge is 2.08. The predicted molar refractivity (Wildman–Crippen MR) is 53.6 cm³/mol. The first-order valence-corrected chi connectivity index (χ1v) is 4.76. The first-order chi connectivity index (χ1) is 6.24. The zero-order valence-electron chi connectivity index (χ0n) is 7.16. The Kier molecular flexibility index (Phi) is 2.09. The summed E-state index contributed by atoms with van der Waals surface area (Å²) >= 11 is 3.43. The number of fused-ring (bicyclic) bond motifs is 1. The number of nitrogens with zero attached hydrogens (tertiary/aromatic N) is 2. The summed E-state index contributed by atoms with van der Waals surface area (Å²) in [6.07, 6.45) is 0. The SMILES string of the molecule is Cc1c(CO)nc2cccc(Br)n12. The summed E-state index contributed by atoms with van der Waals surface area (Å²) in [6, 6.07) is 5.78. The Hall–Kier alpha value is -0.870. The number of aromatic nitrogens is 2. The lowest BCUT2D eigenvalue weighted by atomic mass is 10.4. The van der Waals surface area contributed by atoms with Crippen LogP contribution in [0.5, 0.6) is 0 Å². The molecule has 0 unspecified atom stereocenters. The lowest BCUT2D eigenvalue weighted by Gasteiger charge is -1.98. The van der Waals surface area contributed by atoms with Crippen molar-refractivity contribution in [3.8, 4) is 0 Å². The molecule has 0 atom stereocenters. The summed E-state index contributed by atoms with van der Waals surface area (Å²) in [7, 11) is 0. The fourth-order valence-electron chi connectivity index (χ4n) is 1.39. The van der Waals surface area contributed by atoms with Crippen molar-refractivity contribution >= 4 is 21.6 Å². The molecule has 0 saturated heterocycles. The first kappa shape index (κ1) is 8.72. The molecule has 2 rings (SSSR count). The number of aliphatic hydroxyl groups is 1. The van der Waals surface area contributed by atoms with Gasteiger partial charge in [-0.05, 0) is 35.0 Å². The van der Waals surface area contributed by atoms with Crippen LogP contribution in [0.25, 0.3) is 5.65 Å². The maximum absolute atomic E-state index is 9.02. The first-order valence-electron chi connectivity index (χ1n) is 3.97. The molecule has 0 bridgehead atoms. The Morgan fingerprint density at radius 1 is 1.54 bits per heavy atom. The minimum absolute atomic E-state index is 0.0139. The van der Waals surface area contributed by atoms with Gasteiger partial charge in [-0.15, -0.1) is 0 Å². The molecule has 0 saturated carbocycles. The van der Waals surface area contributed by atoms with Gasteiger partial charge >= 0.3 is 0 Å². The third-order valence-electron chi connectivity index (χ3n) is 2.07. The molecule has 13 heavy (non-hydrogen) atoms. The summed E-state index contributed by atoms with van der Waals surface area (Å²) in [5.74, 6) is 0. The Bertz CT molecular complexity index is 450. The lowest BCUT2D eigenvalue weighted by molar-refractivity contribution is 0.276. The molecular weight excluding hydrogens is 232 g/mol. The van der Waals surface area contributed by atoms with Crippen LogP contribution < -0.4 is 0 Å². The summed E-state index contributed by atoms with van der Waals surface area (Å²) in [6.45, 7) is 1.93. The van der Waals surface area contributed by atoms with Crippen LogP contribution in [0.15, 0.2) is 22.8 Å². The molecule has 0 amide bonds. The fraction of sp³-hybridized carbons (Fsp3) is 0.222. The van der Waals surface area contributed by atoms with Crippen molar-refractivity contribution in [1.29, 1.82) is 0 Å². The number of rotatable bonds is 1. The molecule has 2 heterocycles. The Balaban J connectivity index is 2.85. The van der Waals surface area contributed by atoms with Gasteiger partial charge in [0.05, 0.1) is 16.9 Å². The zero-order valence-corrected chi connectivity index (χ0v) is 8.74. The molecule has 0 aliphatic heterocycles. The molecule has 0 aliphatic rings. The van der Waals surface area contributed by atoms with Gasteiger partial charge in [-0.2, -0.15) is 0 Å². The van der Waals surface area contributed by atoms with Crippen molar-refractivity contribution in [2.45, 2.75) is 13.5 Å². The van der Waals surface area contributed by atoms with Crippen molar-refractivity contribution < 1.29 is 5.11 Å². The Morgan fingerprint density at radius 2 is 2.31 bits per heavy atom. The molecule has 0 aliphatic carbocycles. The molecule has 2 aromatic rings. The van der Waals surface area contributed by atoms with Gasteiger partial charge in [0.1, 0.15) is 5.65 Å². The van der Waals surface area contributed by atoms with E-state index in [-0.39, 0.29) is 6.61 Å². The van der Waals surface area contributed by atoms with E-state index < -0.39 is 0 Å². The third kappa shape index (κ3) is 1.26. The van der Waals surface area contributed by atoms with Crippen LogP contribution >= 0.6 is 15.9 Å². The van der Waals surface area contributed by atoms with Crippen LogP contribution in [-0.4, -0.2) is 14.5 Å². The second-order valence-electron chi connectivity index (χ2n) is 2.84. The highest BCUT2D eigenvalue weighted by Crippen LogP contribution is 2.18. The lowest BCUT2D eigenvalue weighted by Crippen LogP contribution is -1.90. The minimum Gasteiger partial charge on any atom is -0.390 e. The molecular formula is C9H9BrN2O. The standard InChI is InChI=1S/C9H9BrN2O/c1-6-7(5-13)11-9-4-2-3-8(10)12(6)9/h2-4,13H,5H2,1H3. The van der Waals surface area contributed by atoms with E-state index in [4.69, 9.17) is 5.11 Å². The third-order valence-corrected chi connectivity index (χ3v) is 2.69. The number of imidazole rings is 1. The van der Waals surface area contributed by atoms with Crippen LogP contribution in [0.3, 0.4) is 0 Å². The molecule has 1 N–H and O–H groups in total. The van der Waals surface area contributed by atoms with Crippen molar-refractivity contribution in [3.05, 3.63) is 34.2 Å². The van der Waals surface area contributed by atoms with Crippen molar-refractivity contribution in [1.82, 2.24) is 9.38 Å². The van der Waals surface area contributed by atoms with Gasteiger partial charge in [0.2, 0.25) is 0 Å². The highest BCUT2D eigenvalue weighted by molar-refractivity contribution is 9.10. The molecule has 0 aromatic carbocycles. The minimum atomic E-state index is -0.0139. The summed E-state index contributed by atoms with van der Waals surface area (Å²) in [5.41, 5.74) is 2.56. The van der Waals surface area contributed by atoms with Gasteiger partial charge in [-0.1, -0.05) is 6.07 Å². The van der Waals surface area contributed by atoms with E-state index in [2.05, 4.69) is 20.9 Å². The number of hydrogen-bond acceptors (Lipinski definition) is 2. The molecule has 0 spiro atoms. The van der Waals surface area contributed by atoms with Crippen LogP contribution in [-0.2, 0) is 6.61 Å². The number of pyridine rings is 1. The molecule has 3 nitrogen and oxygen atoms in total. The molecule has 0 fully saturated rings. The zero-order chi connectivity index (χ0) is 9.42. The monoisotopic (exact) mass is 240 g/mol. The van der Waals surface area contributed by atoms with E-state index in [0.29, 0.717) is 0 Å². The van der Waals surface area contributed by atoms with Crippen LogP contribution in [0.1, 0.15) is 11.4 Å². The smallest absolute Gasteiger partial charge is 0.138 e. The van der Waals surface area contributed by atoms with E-state index >= 15 is 0 Å².